The number of aromatic nitrogens is 1. The Morgan fingerprint density at radius 2 is 1.82 bits per heavy atom. The number of aryl methyl sites for hydroxylation is 3. The van der Waals surface area contributed by atoms with Crippen molar-refractivity contribution >= 4 is 44.1 Å². The summed E-state index contributed by atoms with van der Waals surface area (Å²) in [7, 11) is -3.67. The summed E-state index contributed by atoms with van der Waals surface area (Å²) in [6.07, 6.45) is 0. The van der Waals surface area contributed by atoms with Gasteiger partial charge in [0, 0.05) is 34.7 Å². The molecule has 5 nitrogen and oxygen atoms in total. The molecule has 0 atom stereocenters. The molecule has 1 aromatic carbocycles. The lowest BCUT2D eigenvalue weighted by Gasteiger charge is -2.22. The summed E-state index contributed by atoms with van der Waals surface area (Å²) >= 11 is 2.99. The zero-order valence-corrected chi connectivity index (χ0v) is 19.2. The van der Waals surface area contributed by atoms with Crippen molar-refractivity contribution in [3.05, 3.63) is 45.8 Å². The van der Waals surface area contributed by atoms with Gasteiger partial charge in [-0.15, -0.1) is 22.7 Å². The molecule has 0 spiro atoms. The number of thiophene rings is 1. The van der Waals surface area contributed by atoms with Crippen molar-refractivity contribution in [2.75, 3.05) is 22.7 Å². The van der Waals surface area contributed by atoms with E-state index in [2.05, 4.69) is 28.5 Å². The number of hydrogen-bond acceptors (Lipinski definition) is 6. The summed E-state index contributed by atoms with van der Waals surface area (Å²) in [4.78, 5) is 8.65. The van der Waals surface area contributed by atoms with Crippen LogP contribution in [0.2, 0.25) is 0 Å². The van der Waals surface area contributed by atoms with Crippen molar-refractivity contribution in [1.82, 2.24) is 4.98 Å². The van der Waals surface area contributed by atoms with E-state index < -0.39 is 10.0 Å². The molecule has 0 saturated heterocycles. The van der Waals surface area contributed by atoms with E-state index in [9.17, 15) is 8.42 Å². The van der Waals surface area contributed by atoms with Gasteiger partial charge >= 0.3 is 0 Å². The average Bonchev–Trinajstić information content (AvgIpc) is 3.24. The van der Waals surface area contributed by atoms with Gasteiger partial charge in [0.05, 0.1) is 10.6 Å². The Labute approximate surface area is 175 Å². The van der Waals surface area contributed by atoms with Crippen molar-refractivity contribution in [3.63, 3.8) is 0 Å². The number of rotatable bonds is 7. The van der Waals surface area contributed by atoms with E-state index in [1.807, 2.05) is 44.4 Å². The van der Waals surface area contributed by atoms with E-state index in [1.165, 1.54) is 22.7 Å². The Morgan fingerprint density at radius 1 is 1.11 bits per heavy atom. The molecule has 0 aliphatic carbocycles. The second-order valence-electron chi connectivity index (χ2n) is 6.60. The molecule has 3 aromatic rings. The highest BCUT2D eigenvalue weighted by molar-refractivity contribution is 7.93. The molecule has 0 unspecified atom stereocenters. The standard InChI is InChI=1S/C20H25N3O2S3/c1-6-23(7-2)16-8-9-17(13(3)10-16)22-28(24,25)19-11-18(27-15(19)5)20-21-14(4)12-26-20/h8-12,22H,6-7H2,1-5H3. The molecule has 0 aliphatic heterocycles. The highest BCUT2D eigenvalue weighted by Gasteiger charge is 2.22. The lowest BCUT2D eigenvalue weighted by atomic mass is 10.1. The zero-order valence-electron chi connectivity index (χ0n) is 16.7. The minimum absolute atomic E-state index is 0.313. The first-order chi connectivity index (χ1) is 13.2. The van der Waals surface area contributed by atoms with Gasteiger partial charge in [-0.1, -0.05) is 0 Å². The van der Waals surface area contributed by atoms with Gasteiger partial charge in [-0.2, -0.15) is 0 Å². The zero-order chi connectivity index (χ0) is 20.5. The third-order valence-corrected chi connectivity index (χ3v) is 8.38. The third-order valence-electron chi connectivity index (χ3n) is 4.57. The minimum atomic E-state index is -3.67. The Morgan fingerprint density at radius 3 is 2.39 bits per heavy atom. The molecule has 3 rings (SSSR count). The summed E-state index contributed by atoms with van der Waals surface area (Å²) in [5.41, 5.74) is 3.54. The van der Waals surface area contributed by atoms with Crippen LogP contribution in [-0.2, 0) is 10.0 Å². The van der Waals surface area contributed by atoms with Gasteiger partial charge in [-0.05, 0) is 64.4 Å². The van der Waals surface area contributed by atoms with Crippen molar-refractivity contribution in [1.29, 1.82) is 0 Å². The van der Waals surface area contributed by atoms with Crippen LogP contribution in [0.25, 0.3) is 9.88 Å². The Hall–Kier alpha value is -1.90. The van der Waals surface area contributed by atoms with Gasteiger partial charge in [0.15, 0.2) is 0 Å². The predicted octanol–water partition coefficient (Wildman–Crippen LogP) is 5.44. The molecule has 150 valence electrons. The number of benzene rings is 1. The lowest BCUT2D eigenvalue weighted by Crippen LogP contribution is -2.22. The topological polar surface area (TPSA) is 62.3 Å². The van der Waals surface area contributed by atoms with Crippen LogP contribution in [0.4, 0.5) is 11.4 Å². The number of nitrogens with zero attached hydrogens (tertiary/aromatic N) is 2. The van der Waals surface area contributed by atoms with Gasteiger partial charge in [0.25, 0.3) is 10.0 Å². The molecule has 2 heterocycles. The fourth-order valence-electron chi connectivity index (χ4n) is 3.05. The first-order valence-corrected chi connectivity index (χ1v) is 12.3. The Kier molecular flexibility index (Phi) is 6.12. The lowest BCUT2D eigenvalue weighted by molar-refractivity contribution is 0.601. The molecular formula is C20H25N3O2S3. The van der Waals surface area contributed by atoms with Gasteiger partial charge in [0.1, 0.15) is 9.90 Å². The molecule has 8 heteroatoms. The van der Waals surface area contributed by atoms with Crippen molar-refractivity contribution < 1.29 is 8.42 Å². The Balaban J connectivity index is 1.89. The van der Waals surface area contributed by atoms with E-state index in [-0.39, 0.29) is 0 Å². The molecule has 0 fully saturated rings. The molecule has 0 bridgehead atoms. The molecule has 1 N–H and O–H groups in total. The number of anilines is 2. The SMILES string of the molecule is CCN(CC)c1ccc(NS(=O)(=O)c2cc(-c3nc(C)cs3)sc2C)c(C)c1. The van der Waals surface area contributed by atoms with E-state index >= 15 is 0 Å². The second-order valence-corrected chi connectivity index (χ2v) is 10.4. The summed E-state index contributed by atoms with van der Waals surface area (Å²) in [5.74, 6) is 0. The van der Waals surface area contributed by atoms with Crippen LogP contribution in [0.3, 0.4) is 0 Å². The average molecular weight is 436 g/mol. The highest BCUT2D eigenvalue weighted by Crippen LogP contribution is 2.36. The third kappa shape index (κ3) is 4.24. The number of hydrogen-bond donors (Lipinski definition) is 1. The van der Waals surface area contributed by atoms with Gasteiger partial charge in [-0.3, -0.25) is 4.72 Å². The van der Waals surface area contributed by atoms with Crippen molar-refractivity contribution in [2.45, 2.75) is 39.5 Å². The molecule has 2 aromatic heterocycles. The van der Waals surface area contributed by atoms with Gasteiger partial charge < -0.3 is 4.90 Å². The molecular weight excluding hydrogens is 410 g/mol. The maximum Gasteiger partial charge on any atom is 0.263 e. The maximum absolute atomic E-state index is 13.0. The van der Waals surface area contributed by atoms with Gasteiger partial charge in [-0.25, -0.2) is 13.4 Å². The first kappa shape index (κ1) is 20.8. The van der Waals surface area contributed by atoms with Crippen molar-refractivity contribution in [3.8, 4) is 9.88 Å². The van der Waals surface area contributed by atoms with Crippen LogP contribution in [0.5, 0.6) is 0 Å². The van der Waals surface area contributed by atoms with Crippen LogP contribution >= 0.6 is 22.7 Å². The summed E-state index contributed by atoms with van der Waals surface area (Å²) in [5, 5.41) is 2.82. The molecule has 0 saturated carbocycles. The first-order valence-electron chi connectivity index (χ1n) is 9.16. The van der Waals surface area contributed by atoms with Crippen LogP contribution in [0.1, 0.15) is 30.0 Å². The van der Waals surface area contributed by atoms with Crippen LogP contribution in [-0.4, -0.2) is 26.5 Å². The highest BCUT2D eigenvalue weighted by atomic mass is 32.2. The smallest absolute Gasteiger partial charge is 0.263 e. The van der Waals surface area contributed by atoms with E-state index in [4.69, 9.17) is 0 Å². The number of thiazole rings is 1. The maximum atomic E-state index is 13.0. The van der Waals surface area contributed by atoms with E-state index in [1.54, 1.807) is 6.07 Å². The quantitative estimate of drug-likeness (QED) is 0.536. The van der Waals surface area contributed by atoms with Gasteiger partial charge in [0.2, 0.25) is 0 Å². The summed E-state index contributed by atoms with van der Waals surface area (Å²) in [6.45, 7) is 11.7. The predicted molar refractivity (Wildman–Crippen MR) is 120 cm³/mol. The second kappa shape index (κ2) is 8.23. The van der Waals surface area contributed by atoms with Crippen molar-refractivity contribution in [2.24, 2.45) is 0 Å². The molecule has 0 aliphatic rings. The molecule has 0 radical (unpaired) electrons. The fourth-order valence-corrected chi connectivity index (χ4v) is 6.64. The van der Waals surface area contributed by atoms with Crippen LogP contribution < -0.4 is 9.62 Å². The Bertz CT molecular complexity index is 1080. The molecule has 28 heavy (non-hydrogen) atoms. The summed E-state index contributed by atoms with van der Waals surface area (Å²) < 4.78 is 28.8. The fraction of sp³-hybridized carbons (Fsp3) is 0.350. The monoisotopic (exact) mass is 435 g/mol. The van der Waals surface area contributed by atoms with Crippen LogP contribution in [0, 0.1) is 20.8 Å². The number of nitrogens with one attached hydrogen (secondary N) is 1. The largest absolute Gasteiger partial charge is 0.372 e. The normalized spacial score (nSPS) is 11.6. The summed E-state index contributed by atoms with van der Waals surface area (Å²) in [6, 6.07) is 7.55. The molecule has 0 amide bonds. The van der Waals surface area contributed by atoms with E-state index in [0.717, 1.165) is 44.8 Å². The number of sulfonamides is 1. The van der Waals surface area contributed by atoms with E-state index in [0.29, 0.717) is 10.6 Å². The minimum Gasteiger partial charge on any atom is -0.372 e. The van der Waals surface area contributed by atoms with Crippen LogP contribution in [0.15, 0.2) is 34.5 Å².